The van der Waals surface area contributed by atoms with Crippen LogP contribution in [0.15, 0.2) is 127 Å². The van der Waals surface area contributed by atoms with Gasteiger partial charge in [-0.15, -0.1) is 0 Å². The van der Waals surface area contributed by atoms with Crippen LogP contribution >= 0.6 is 0 Å². The lowest BCUT2D eigenvalue weighted by molar-refractivity contribution is 1.07. The molecule has 0 aliphatic heterocycles. The summed E-state index contributed by atoms with van der Waals surface area (Å²) in [5.41, 5.74) is 6.54. The molecule has 0 unspecified atom stereocenters. The second kappa shape index (κ2) is 9.37. The predicted octanol–water partition coefficient (Wildman–Crippen LogP) is 8.52. The molecule has 5 aromatic carbocycles. The number of para-hydroxylation sites is 1. The van der Waals surface area contributed by atoms with Gasteiger partial charge in [-0.3, -0.25) is 0 Å². The lowest BCUT2D eigenvalue weighted by Crippen LogP contribution is -2.00. The third-order valence-corrected chi connectivity index (χ3v) is 6.85. The maximum atomic E-state index is 7.58. The number of hydrogen-bond acceptors (Lipinski definition) is 3. The van der Waals surface area contributed by atoms with Crippen molar-refractivity contribution < 1.29 is 0 Å². The molecule has 5 nitrogen and oxygen atoms in total. The third-order valence-electron chi connectivity index (χ3n) is 6.85. The van der Waals surface area contributed by atoms with Crippen molar-refractivity contribution in [2.24, 2.45) is 0 Å². The Kier molecular flexibility index (Phi) is 5.42. The second-order valence-corrected chi connectivity index (χ2v) is 9.25. The van der Waals surface area contributed by atoms with Gasteiger partial charge in [-0.2, -0.15) is 0 Å². The van der Waals surface area contributed by atoms with Crippen molar-refractivity contribution >= 4 is 27.5 Å². The van der Waals surface area contributed by atoms with Gasteiger partial charge in [-0.05, 0) is 47.9 Å². The van der Waals surface area contributed by atoms with Crippen LogP contribution in [0.3, 0.4) is 0 Å². The highest BCUT2D eigenvalue weighted by Gasteiger charge is 2.16. The van der Waals surface area contributed by atoms with E-state index in [9.17, 15) is 0 Å². The Balaban J connectivity index is 1.48. The van der Waals surface area contributed by atoms with Gasteiger partial charge >= 0.3 is 0 Å². The predicted molar refractivity (Wildman–Crippen MR) is 157 cm³/mol. The van der Waals surface area contributed by atoms with E-state index < -0.39 is 0 Å². The van der Waals surface area contributed by atoms with Crippen molar-refractivity contribution in [3.8, 4) is 39.9 Å². The standard InChI is InChI=1S/C34H21N5/c1-35-26-18-20-31-29(22-26)28-21-25(17-19-30(28)39(31)27-15-9-4-10-16-27)34-37-32(23-11-5-2-6-12-23)36-33(38-34)24-13-7-3-8-14-24/h2-22H. The van der Waals surface area contributed by atoms with Crippen molar-refractivity contribution in [2.75, 3.05) is 0 Å². The highest BCUT2D eigenvalue weighted by molar-refractivity contribution is 6.11. The Morgan fingerprint density at radius 1 is 0.487 bits per heavy atom. The maximum Gasteiger partial charge on any atom is 0.188 e. The molecule has 0 radical (unpaired) electrons. The van der Waals surface area contributed by atoms with Gasteiger partial charge in [0.25, 0.3) is 0 Å². The van der Waals surface area contributed by atoms with E-state index in [1.54, 1.807) is 0 Å². The summed E-state index contributed by atoms with van der Waals surface area (Å²) in [5.74, 6) is 1.86. The SMILES string of the molecule is [C-]#[N+]c1ccc2c(c1)c1cc(-c3nc(-c4ccccc4)nc(-c4ccccc4)n3)ccc1n2-c1ccccc1. The Morgan fingerprint density at radius 2 is 0.974 bits per heavy atom. The molecule has 5 heteroatoms. The van der Waals surface area contributed by atoms with Gasteiger partial charge in [0, 0.05) is 27.8 Å². The van der Waals surface area contributed by atoms with Crippen molar-refractivity contribution in [1.82, 2.24) is 19.5 Å². The number of rotatable bonds is 4. The summed E-state index contributed by atoms with van der Waals surface area (Å²) in [4.78, 5) is 18.3. The molecular formula is C34H21N5. The van der Waals surface area contributed by atoms with Crippen molar-refractivity contribution in [3.05, 3.63) is 139 Å². The van der Waals surface area contributed by atoms with Crippen molar-refractivity contribution in [1.29, 1.82) is 0 Å². The molecule has 0 saturated heterocycles. The van der Waals surface area contributed by atoms with E-state index in [-0.39, 0.29) is 0 Å². The number of benzene rings is 5. The van der Waals surface area contributed by atoms with E-state index in [0.29, 0.717) is 23.2 Å². The summed E-state index contributed by atoms with van der Waals surface area (Å²) >= 11 is 0. The van der Waals surface area contributed by atoms with E-state index in [4.69, 9.17) is 21.5 Å². The zero-order valence-electron chi connectivity index (χ0n) is 20.9. The van der Waals surface area contributed by atoms with Gasteiger partial charge in [-0.1, -0.05) is 84.9 Å². The fourth-order valence-corrected chi connectivity index (χ4v) is 5.01. The molecule has 7 aromatic rings. The first kappa shape index (κ1) is 22.6. The average molecular weight is 500 g/mol. The zero-order valence-corrected chi connectivity index (χ0v) is 20.9. The molecule has 0 N–H and O–H groups in total. The molecule has 0 fully saturated rings. The number of hydrogen-bond donors (Lipinski definition) is 0. The largest absolute Gasteiger partial charge is 0.309 e. The Bertz CT molecular complexity index is 1950. The highest BCUT2D eigenvalue weighted by atomic mass is 15.0. The summed E-state index contributed by atoms with van der Waals surface area (Å²) in [6.07, 6.45) is 0. The quantitative estimate of drug-likeness (QED) is 0.228. The van der Waals surface area contributed by atoms with Crippen LogP contribution in [0.2, 0.25) is 0 Å². The summed E-state index contributed by atoms with van der Waals surface area (Å²) in [6.45, 7) is 7.58. The van der Waals surface area contributed by atoms with E-state index in [2.05, 4.69) is 39.7 Å². The summed E-state index contributed by atoms with van der Waals surface area (Å²) in [7, 11) is 0. The van der Waals surface area contributed by atoms with Gasteiger partial charge < -0.3 is 4.57 Å². The van der Waals surface area contributed by atoms with E-state index >= 15 is 0 Å². The van der Waals surface area contributed by atoms with Crippen LogP contribution in [0, 0.1) is 6.57 Å². The minimum absolute atomic E-state index is 0.603. The summed E-state index contributed by atoms with van der Waals surface area (Å²) in [5, 5.41) is 2.06. The smallest absolute Gasteiger partial charge is 0.188 e. The molecular weight excluding hydrogens is 478 g/mol. The van der Waals surface area contributed by atoms with E-state index in [0.717, 1.165) is 44.2 Å². The number of aromatic nitrogens is 4. The monoisotopic (exact) mass is 499 g/mol. The van der Waals surface area contributed by atoms with Crippen LogP contribution in [-0.4, -0.2) is 19.5 Å². The highest BCUT2D eigenvalue weighted by Crippen LogP contribution is 2.36. The number of fused-ring (bicyclic) bond motifs is 3. The van der Waals surface area contributed by atoms with E-state index in [1.165, 1.54) is 0 Å². The lowest BCUT2D eigenvalue weighted by atomic mass is 10.1. The van der Waals surface area contributed by atoms with Crippen molar-refractivity contribution in [2.45, 2.75) is 0 Å². The molecule has 0 saturated carbocycles. The van der Waals surface area contributed by atoms with Crippen LogP contribution in [0.1, 0.15) is 0 Å². The fraction of sp³-hybridized carbons (Fsp3) is 0. The lowest BCUT2D eigenvalue weighted by Gasteiger charge is -2.09. The Labute approximate surface area is 225 Å². The second-order valence-electron chi connectivity index (χ2n) is 9.25. The molecule has 2 heterocycles. The third kappa shape index (κ3) is 4.01. The maximum absolute atomic E-state index is 7.58. The minimum Gasteiger partial charge on any atom is -0.309 e. The van der Waals surface area contributed by atoms with Gasteiger partial charge in [-0.25, -0.2) is 19.8 Å². The van der Waals surface area contributed by atoms with Crippen LogP contribution < -0.4 is 0 Å². The molecule has 0 aliphatic rings. The van der Waals surface area contributed by atoms with Gasteiger partial charge in [0.2, 0.25) is 0 Å². The Hall–Kier alpha value is -5.60. The van der Waals surface area contributed by atoms with Crippen LogP contribution in [0.5, 0.6) is 0 Å². The number of nitrogens with zero attached hydrogens (tertiary/aromatic N) is 5. The van der Waals surface area contributed by atoms with Crippen LogP contribution in [0.25, 0.3) is 66.5 Å². The molecule has 7 rings (SSSR count). The van der Waals surface area contributed by atoms with Crippen LogP contribution in [0.4, 0.5) is 5.69 Å². The Morgan fingerprint density at radius 3 is 1.54 bits per heavy atom. The first-order valence-electron chi connectivity index (χ1n) is 12.7. The van der Waals surface area contributed by atoms with Gasteiger partial charge in [0.1, 0.15) is 0 Å². The molecule has 39 heavy (non-hydrogen) atoms. The molecule has 0 bridgehead atoms. The minimum atomic E-state index is 0.603. The molecule has 0 atom stereocenters. The van der Waals surface area contributed by atoms with Gasteiger partial charge in [0.15, 0.2) is 23.2 Å². The topological polar surface area (TPSA) is 48.0 Å². The first-order chi connectivity index (χ1) is 19.3. The normalized spacial score (nSPS) is 11.1. The molecule has 2 aromatic heterocycles. The zero-order chi connectivity index (χ0) is 26.2. The molecule has 182 valence electrons. The molecule has 0 spiro atoms. The average Bonchev–Trinajstić information content (AvgIpc) is 3.35. The summed E-state index contributed by atoms with van der Waals surface area (Å²) in [6, 6.07) is 42.4. The van der Waals surface area contributed by atoms with Crippen molar-refractivity contribution in [3.63, 3.8) is 0 Å². The molecule has 0 aliphatic carbocycles. The fourth-order valence-electron chi connectivity index (χ4n) is 5.01. The van der Waals surface area contributed by atoms with Crippen LogP contribution in [-0.2, 0) is 0 Å². The molecule has 0 amide bonds. The van der Waals surface area contributed by atoms with Gasteiger partial charge in [0.05, 0.1) is 17.6 Å². The first-order valence-corrected chi connectivity index (χ1v) is 12.7. The van der Waals surface area contributed by atoms with E-state index in [1.807, 2.05) is 97.1 Å². The summed E-state index contributed by atoms with van der Waals surface area (Å²) < 4.78 is 2.24.